The maximum absolute atomic E-state index is 9.36. The molecule has 0 amide bonds. The smallest absolute Gasteiger partial charge is 0.0969 e. The van der Waals surface area contributed by atoms with Crippen molar-refractivity contribution in [2.24, 2.45) is 0 Å². The predicted molar refractivity (Wildman–Crippen MR) is 58.3 cm³/mol. The molecule has 2 unspecified atom stereocenters. The van der Waals surface area contributed by atoms with Gasteiger partial charge in [0.15, 0.2) is 0 Å². The summed E-state index contributed by atoms with van der Waals surface area (Å²) < 4.78 is 0. The van der Waals surface area contributed by atoms with Crippen LogP contribution in [-0.4, -0.2) is 17.5 Å². The third-order valence-electron chi connectivity index (χ3n) is 2.10. The maximum Gasteiger partial charge on any atom is 0.0969 e. The van der Waals surface area contributed by atoms with Gasteiger partial charge in [-0.25, -0.2) is 0 Å². The van der Waals surface area contributed by atoms with Crippen molar-refractivity contribution in [2.75, 3.05) is 6.26 Å². The Morgan fingerprint density at radius 1 is 1.36 bits per heavy atom. The molecule has 0 aromatic heterocycles. The van der Waals surface area contributed by atoms with E-state index in [0.29, 0.717) is 0 Å². The minimum atomic E-state index is -0.625. The van der Waals surface area contributed by atoms with Crippen molar-refractivity contribution in [1.82, 2.24) is 0 Å². The highest BCUT2D eigenvalue weighted by molar-refractivity contribution is 7.98. The van der Waals surface area contributed by atoms with E-state index in [1.807, 2.05) is 30.5 Å². The van der Waals surface area contributed by atoms with Gasteiger partial charge in [0.2, 0.25) is 0 Å². The first kappa shape index (κ1) is 11.1. The number of aliphatic hydroxyl groups excluding tert-OH is 1. The average Bonchev–Trinajstić information content (AvgIpc) is 2.19. The third-order valence-corrected chi connectivity index (χ3v) is 2.84. The van der Waals surface area contributed by atoms with Gasteiger partial charge in [0.05, 0.1) is 18.1 Å². The number of thioether (sulfide) groups is 1. The van der Waals surface area contributed by atoms with Crippen LogP contribution in [0, 0.1) is 11.3 Å². The van der Waals surface area contributed by atoms with Crippen LogP contribution in [0.1, 0.15) is 18.4 Å². The van der Waals surface area contributed by atoms with E-state index in [1.165, 1.54) is 0 Å². The highest BCUT2D eigenvalue weighted by atomic mass is 32.2. The first-order valence-electron chi connectivity index (χ1n) is 4.40. The number of rotatable bonds is 3. The van der Waals surface area contributed by atoms with Crippen molar-refractivity contribution in [1.29, 1.82) is 5.26 Å². The maximum atomic E-state index is 9.36. The van der Waals surface area contributed by atoms with Crippen LogP contribution in [0.3, 0.4) is 0 Å². The predicted octanol–water partition coefficient (Wildman–Crippen LogP) is 2.40. The summed E-state index contributed by atoms with van der Waals surface area (Å²) >= 11 is 1.66. The number of hydrogen-bond donors (Lipinski definition) is 1. The van der Waals surface area contributed by atoms with Crippen LogP contribution in [0.25, 0.3) is 0 Å². The van der Waals surface area contributed by atoms with Crippen molar-refractivity contribution >= 4 is 11.8 Å². The van der Waals surface area contributed by atoms with Gasteiger partial charge in [-0.15, -0.1) is 11.8 Å². The molecule has 1 rings (SSSR count). The summed E-state index contributed by atoms with van der Waals surface area (Å²) in [6, 6.07) is 9.82. The van der Waals surface area contributed by atoms with Gasteiger partial charge in [-0.1, -0.05) is 12.1 Å². The molecule has 0 fully saturated rings. The van der Waals surface area contributed by atoms with Gasteiger partial charge in [-0.2, -0.15) is 5.26 Å². The lowest BCUT2D eigenvalue weighted by atomic mass is 9.96. The largest absolute Gasteiger partial charge is 0.392 e. The molecular weight excluding hydrogens is 194 g/mol. The summed E-state index contributed by atoms with van der Waals surface area (Å²) in [5, 5.41) is 18.2. The van der Waals surface area contributed by atoms with Gasteiger partial charge in [0.1, 0.15) is 0 Å². The summed E-state index contributed by atoms with van der Waals surface area (Å²) in [7, 11) is 0. The molecule has 1 aromatic carbocycles. The Hall–Kier alpha value is -0.980. The minimum absolute atomic E-state index is 0.425. The van der Waals surface area contributed by atoms with Gasteiger partial charge < -0.3 is 5.11 Å². The number of aliphatic hydroxyl groups is 1. The zero-order valence-electron chi connectivity index (χ0n) is 8.27. The first-order chi connectivity index (χ1) is 6.69. The second-order valence-electron chi connectivity index (χ2n) is 3.12. The van der Waals surface area contributed by atoms with Crippen molar-refractivity contribution < 1.29 is 5.11 Å². The van der Waals surface area contributed by atoms with Crippen molar-refractivity contribution in [3.05, 3.63) is 29.8 Å². The fourth-order valence-corrected chi connectivity index (χ4v) is 1.68. The Bertz CT molecular complexity index is 326. The molecule has 0 saturated heterocycles. The van der Waals surface area contributed by atoms with E-state index in [9.17, 15) is 5.11 Å². The molecule has 0 heterocycles. The molecule has 14 heavy (non-hydrogen) atoms. The lowest BCUT2D eigenvalue weighted by molar-refractivity contribution is 0.181. The third kappa shape index (κ3) is 2.50. The van der Waals surface area contributed by atoms with E-state index in [0.717, 1.165) is 10.5 Å². The number of nitrogens with zero attached hydrogens (tertiary/aromatic N) is 1. The average molecular weight is 207 g/mol. The zero-order chi connectivity index (χ0) is 10.6. The topological polar surface area (TPSA) is 44.0 Å². The summed E-state index contributed by atoms with van der Waals surface area (Å²) in [6.07, 6.45) is 1.38. The van der Waals surface area contributed by atoms with Crippen LogP contribution in [0.2, 0.25) is 0 Å². The lowest BCUT2D eigenvalue weighted by Crippen LogP contribution is -2.12. The van der Waals surface area contributed by atoms with Gasteiger partial charge in [-0.3, -0.25) is 0 Å². The molecule has 1 N–H and O–H groups in total. The van der Waals surface area contributed by atoms with E-state index in [1.54, 1.807) is 18.7 Å². The van der Waals surface area contributed by atoms with Crippen molar-refractivity contribution in [2.45, 2.75) is 23.8 Å². The van der Waals surface area contributed by atoms with Crippen LogP contribution in [0.15, 0.2) is 29.2 Å². The monoisotopic (exact) mass is 207 g/mol. The standard InChI is InChI=1S/C11H13NOS/c1-8(13)11(7-12)9-3-5-10(14-2)6-4-9/h3-6,8,11,13H,1-2H3. The normalized spacial score (nSPS) is 14.4. The zero-order valence-corrected chi connectivity index (χ0v) is 9.08. The van der Waals surface area contributed by atoms with Gasteiger partial charge >= 0.3 is 0 Å². The Morgan fingerprint density at radius 2 is 1.93 bits per heavy atom. The summed E-state index contributed by atoms with van der Waals surface area (Å²) in [4.78, 5) is 1.16. The van der Waals surface area contributed by atoms with Gasteiger partial charge in [0.25, 0.3) is 0 Å². The van der Waals surface area contributed by atoms with E-state index in [-0.39, 0.29) is 0 Å². The fourth-order valence-electron chi connectivity index (χ4n) is 1.27. The molecule has 0 saturated carbocycles. The number of benzene rings is 1. The van der Waals surface area contributed by atoms with Crippen LogP contribution in [0.5, 0.6) is 0 Å². The Balaban J connectivity index is 2.91. The van der Waals surface area contributed by atoms with Crippen LogP contribution >= 0.6 is 11.8 Å². The van der Waals surface area contributed by atoms with Crippen molar-refractivity contribution in [3.63, 3.8) is 0 Å². The summed E-state index contributed by atoms with van der Waals surface area (Å²) in [5.74, 6) is -0.425. The molecule has 0 aliphatic rings. The molecule has 1 aromatic rings. The van der Waals surface area contributed by atoms with E-state index in [2.05, 4.69) is 6.07 Å². The molecule has 0 aliphatic carbocycles. The van der Waals surface area contributed by atoms with Gasteiger partial charge in [0, 0.05) is 4.90 Å². The van der Waals surface area contributed by atoms with Crippen LogP contribution in [-0.2, 0) is 0 Å². The molecular formula is C11H13NOS. The summed E-state index contributed by atoms with van der Waals surface area (Å²) in [5.41, 5.74) is 0.875. The molecule has 2 atom stereocenters. The second kappa shape index (κ2) is 5.04. The second-order valence-corrected chi connectivity index (χ2v) is 4.00. The minimum Gasteiger partial charge on any atom is -0.392 e. The molecule has 0 aliphatic heterocycles. The number of hydrogen-bond acceptors (Lipinski definition) is 3. The Kier molecular flexibility index (Phi) is 3.99. The molecule has 0 spiro atoms. The highest BCUT2D eigenvalue weighted by Crippen LogP contribution is 2.22. The van der Waals surface area contributed by atoms with Crippen LogP contribution in [0.4, 0.5) is 0 Å². The Labute approximate surface area is 88.6 Å². The summed E-state index contributed by atoms with van der Waals surface area (Å²) in [6.45, 7) is 1.64. The molecule has 0 bridgehead atoms. The van der Waals surface area contributed by atoms with E-state index < -0.39 is 12.0 Å². The molecule has 0 radical (unpaired) electrons. The fraction of sp³-hybridized carbons (Fsp3) is 0.364. The molecule has 3 heteroatoms. The first-order valence-corrected chi connectivity index (χ1v) is 5.63. The SMILES string of the molecule is CSc1ccc(C(C#N)C(C)O)cc1. The Morgan fingerprint density at radius 3 is 2.29 bits per heavy atom. The van der Waals surface area contributed by atoms with Crippen molar-refractivity contribution in [3.8, 4) is 6.07 Å². The lowest BCUT2D eigenvalue weighted by Gasteiger charge is -2.12. The van der Waals surface area contributed by atoms with Gasteiger partial charge in [-0.05, 0) is 30.9 Å². The van der Waals surface area contributed by atoms with E-state index in [4.69, 9.17) is 5.26 Å². The molecule has 2 nitrogen and oxygen atoms in total. The van der Waals surface area contributed by atoms with E-state index >= 15 is 0 Å². The highest BCUT2D eigenvalue weighted by Gasteiger charge is 2.15. The molecule has 74 valence electrons. The van der Waals surface area contributed by atoms with Crippen LogP contribution < -0.4 is 0 Å². The quantitative estimate of drug-likeness (QED) is 0.774. The number of nitriles is 1.